The van der Waals surface area contributed by atoms with E-state index in [9.17, 15) is 4.39 Å². The highest BCUT2D eigenvalue weighted by Crippen LogP contribution is 2.48. The first-order chi connectivity index (χ1) is 4.49. The molecule has 0 spiro atoms. The van der Waals surface area contributed by atoms with Crippen LogP contribution in [0.5, 0.6) is 0 Å². The highest BCUT2D eigenvalue weighted by atomic mass is 31.0. The summed E-state index contributed by atoms with van der Waals surface area (Å²) < 4.78 is 12.9. The smallest absolute Gasteiger partial charge is 0.124 e. The first kappa shape index (κ1) is 8.46. The summed E-state index contributed by atoms with van der Waals surface area (Å²) in [6.45, 7) is 4.39. The Morgan fingerprint density at radius 3 is 2.40 bits per heavy atom. The van der Waals surface area contributed by atoms with Gasteiger partial charge in [0.25, 0.3) is 0 Å². The molecule has 1 unspecified atom stereocenters. The van der Waals surface area contributed by atoms with Gasteiger partial charge in [-0.2, -0.15) is 0 Å². The lowest BCUT2D eigenvalue weighted by molar-refractivity contribution is 0.0812. The van der Waals surface area contributed by atoms with Crippen molar-refractivity contribution in [3.8, 4) is 0 Å². The van der Waals surface area contributed by atoms with Crippen LogP contribution in [0.2, 0.25) is 0 Å². The van der Waals surface area contributed by atoms with Gasteiger partial charge in [-0.1, -0.05) is 23.1 Å². The Morgan fingerprint density at radius 2 is 2.10 bits per heavy atom. The second-order valence-electron chi connectivity index (χ2n) is 3.94. The summed E-state index contributed by atoms with van der Waals surface area (Å²) in [7, 11) is 2.30. The summed E-state index contributed by atoms with van der Waals surface area (Å²) in [5.41, 5.74) is 0. The second kappa shape index (κ2) is 2.77. The van der Waals surface area contributed by atoms with Gasteiger partial charge in [-0.3, -0.25) is 0 Å². The van der Waals surface area contributed by atoms with Crippen LogP contribution >= 0.6 is 9.24 Å². The Kier molecular flexibility index (Phi) is 2.34. The third-order valence-corrected chi connectivity index (χ3v) is 2.53. The van der Waals surface area contributed by atoms with Crippen LogP contribution in [0.4, 0.5) is 4.39 Å². The predicted molar refractivity (Wildman–Crippen MR) is 45.7 cm³/mol. The lowest BCUT2D eigenvalue weighted by Gasteiger charge is -2.39. The SMILES string of the molecule is CC(C)CC1CC(F)(P)C1. The van der Waals surface area contributed by atoms with Crippen LogP contribution in [0.3, 0.4) is 0 Å². The Hall–Kier alpha value is 0.360. The molecule has 0 amide bonds. The van der Waals surface area contributed by atoms with E-state index < -0.39 is 5.41 Å². The molecule has 0 saturated heterocycles. The van der Waals surface area contributed by atoms with E-state index in [2.05, 4.69) is 23.1 Å². The van der Waals surface area contributed by atoms with Gasteiger partial charge in [0.2, 0.25) is 0 Å². The van der Waals surface area contributed by atoms with Crippen molar-refractivity contribution >= 4 is 9.24 Å². The summed E-state index contributed by atoms with van der Waals surface area (Å²) in [6.07, 6.45) is 2.71. The molecule has 1 saturated carbocycles. The molecule has 1 aliphatic rings. The maximum atomic E-state index is 12.9. The van der Waals surface area contributed by atoms with Crippen LogP contribution in [0.25, 0.3) is 0 Å². The first-order valence-electron chi connectivity index (χ1n) is 3.97. The fourth-order valence-corrected chi connectivity index (χ4v) is 2.40. The maximum Gasteiger partial charge on any atom is 0.124 e. The monoisotopic (exact) mass is 162 g/mol. The molecule has 0 N–H and O–H groups in total. The van der Waals surface area contributed by atoms with Crippen LogP contribution < -0.4 is 0 Å². The largest absolute Gasteiger partial charge is 0.240 e. The standard InChI is InChI=1S/C8H16FP/c1-6(2)3-7-4-8(9,10)5-7/h6-7H,3-5,10H2,1-2H3. The zero-order valence-corrected chi connectivity index (χ0v) is 7.89. The highest BCUT2D eigenvalue weighted by molar-refractivity contribution is 7.18. The van der Waals surface area contributed by atoms with Crippen molar-refractivity contribution in [1.29, 1.82) is 0 Å². The number of rotatable bonds is 2. The Morgan fingerprint density at radius 1 is 1.60 bits per heavy atom. The van der Waals surface area contributed by atoms with Crippen molar-refractivity contribution < 1.29 is 4.39 Å². The highest BCUT2D eigenvalue weighted by Gasteiger charge is 2.40. The van der Waals surface area contributed by atoms with Crippen molar-refractivity contribution in [2.75, 3.05) is 0 Å². The van der Waals surface area contributed by atoms with Crippen LogP contribution in [0, 0.1) is 11.8 Å². The lowest BCUT2D eigenvalue weighted by atomic mass is 9.78. The number of hydrogen-bond acceptors (Lipinski definition) is 0. The van der Waals surface area contributed by atoms with E-state index in [0.717, 1.165) is 18.8 Å². The minimum atomic E-state index is -0.903. The average molecular weight is 162 g/mol. The zero-order chi connectivity index (χ0) is 7.78. The van der Waals surface area contributed by atoms with Crippen molar-refractivity contribution in [3.05, 3.63) is 0 Å². The molecule has 1 aliphatic carbocycles. The maximum absolute atomic E-state index is 12.9. The molecule has 0 radical (unpaired) electrons. The number of halogens is 1. The molecule has 0 aromatic heterocycles. The van der Waals surface area contributed by atoms with Crippen molar-refractivity contribution in [2.24, 2.45) is 11.8 Å². The van der Waals surface area contributed by atoms with Gasteiger partial charge in [0.15, 0.2) is 0 Å². The fraction of sp³-hybridized carbons (Fsp3) is 1.00. The van der Waals surface area contributed by atoms with E-state index in [1.54, 1.807) is 0 Å². The Labute approximate surface area is 64.8 Å². The van der Waals surface area contributed by atoms with Gasteiger partial charge in [0.1, 0.15) is 5.41 Å². The zero-order valence-electron chi connectivity index (χ0n) is 6.73. The Balaban J connectivity index is 2.15. The van der Waals surface area contributed by atoms with Crippen LogP contribution in [-0.4, -0.2) is 5.41 Å². The second-order valence-corrected chi connectivity index (χ2v) is 4.97. The molecule has 60 valence electrons. The molecule has 0 nitrogen and oxygen atoms in total. The number of alkyl halides is 1. The van der Waals surface area contributed by atoms with Gasteiger partial charge in [-0.05, 0) is 31.1 Å². The number of hydrogen-bond donors (Lipinski definition) is 0. The Bertz CT molecular complexity index is 110. The van der Waals surface area contributed by atoms with E-state index in [-0.39, 0.29) is 0 Å². The summed E-state index contributed by atoms with van der Waals surface area (Å²) in [5, 5.41) is -0.903. The topological polar surface area (TPSA) is 0 Å². The predicted octanol–water partition coefficient (Wildman–Crippen LogP) is 2.98. The van der Waals surface area contributed by atoms with Gasteiger partial charge in [0.05, 0.1) is 0 Å². The molecule has 0 aromatic rings. The van der Waals surface area contributed by atoms with E-state index in [4.69, 9.17) is 0 Å². The molecule has 10 heavy (non-hydrogen) atoms. The first-order valence-corrected chi connectivity index (χ1v) is 4.55. The third-order valence-electron chi connectivity index (χ3n) is 2.06. The van der Waals surface area contributed by atoms with E-state index in [1.807, 2.05) is 0 Å². The van der Waals surface area contributed by atoms with E-state index in [0.29, 0.717) is 5.92 Å². The molecular weight excluding hydrogens is 146 g/mol. The lowest BCUT2D eigenvalue weighted by Crippen LogP contribution is -2.34. The molecule has 1 fully saturated rings. The minimum absolute atomic E-state index is 0.655. The van der Waals surface area contributed by atoms with E-state index in [1.165, 1.54) is 6.42 Å². The van der Waals surface area contributed by atoms with Crippen molar-refractivity contribution in [3.63, 3.8) is 0 Å². The van der Waals surface area contributed by atoms with Gasteiger partial charge >= 0.3 is 0 Å². The minimum Gasteiger partial charge on any atom is -0.240 e. The van der Waals surface area contributed by atoms with Gasteiger partial charge in [-0.15, -0.1) is 0 Å². The van der Waals surface area contributed by atoms with Gasteiger partial charge < -0.3 is 0 Å². The molecule has 0 aromatic carbocycles. The van der Waals surface area contributed by atoms with Gasteiger partial charge in [-0.25, -0.2) is 4.39 Å². The van der Waals surface area contributed by atoms with Gasteiger partial charge in [0, 0.05) is 0 Å². The van der Waals surface area contributed by atoms with Crippen LogP contribution in [0.15, 0.2) is 0 Å². The quantitative estimate of drug-likeness (QED) is 0.547. The normalized spacial score (nSPS) is 39.9. The molecule has 0 bridgehead atoms. The summed E-state index contributed by atoms with van der Waals surface area (Å²) >= 11 is 0. The average Bonchev–Trinajstić information content (AvgIpc) is 1.57. The van der Waals surface area contributed by atoms with Crippen molar-refractivity contribution in [2.45, 2.75) is 38.5 Å². The summed E-state index contributed by atoms with van der Waals surface area (Å²) in [4.78, 5) is 0. The van der Waals surface area contributed by atoms with Crippen LogP contribution in [0.1, 0.15) is 33.1 Å². The summed E-state index contributed by atoms with van der Waals surface area (Å²) in [6, 6.07) is 0. The summed E-state index contributed by atoms with van der Waals surface area (Å²) in [5.74, 6) is 1.38. The van der Waals surface area contributed by atoms with Crippen LogP contribution in [-0.2, 0) is 0 Å². The fourth-order valence-electron chi connectivity index (χ4n) is 1.73. The molecule has 1 atom stereocenters. The van der Waals surface area contributed by atoms with E-state index >= 15 is 0 Å². The molecule has 2 heteroatoms. The molecule has 0 heterocycles. The molecule has 1 rings (SSSR count). The molecule has 0 aliphatic heterocycles. The van der Waals surface area contributed by atoms with Crippen molar-refractivity contribution in [1.82, 2.24) is 0 Å². The molecular formula is C8H16FP. The third kappa shape index (κ3) is 2.20.